The van der Waals surface area contributed by atoms with Gasteiger partial charge >= 0.3 is 0 Å². The van der Waals surface area contributed by atoms with Gasteiger partial charge in [0, 0.05) is 42.4 Å². The van der Waals surface area contributed by atoms with Gasteiger partial charge in [-0.05, 0) is 24.4 Å². The summed E-state index contributed by atoms with van der Waals surface area (Å²) in [5.41, 5.74) is 1.79. The van der Waals surface area contributed by atoms with Gasteiger partial charge in [0.15, 0.2) is 5.76 Å². The molecule has 0 bridgehead atoms. The van der Waals surface area contributed by atoms with Crippen LogP contribution >= 0.6 is 23.1 Å². The van der Waals surface area contributed by atoms with Crippen molar-refractivity contribution < 1.29 is 9.21 Å². The van der Waals surface area contributed by atoms with Gasteiger partial charge < -0.3 is 14.6 Å². The van der Waals surface area contributed by atoms with Crippen molar-refractivity contribution in [1.82, 2.24) is 10.2 Å². The Labute approximate surface area is 155 Å². The number of amides is 1. The van der Waals surface area contributed by atoms with Gasteiger partial charge in [-0.1, -0.05) is 24.3 Å². The smallest absolute Gasteiger partial charge is 0.290 e. The quantitative estimate of drug-likeness (QED) is 0.697. The molecule has 1 atom stereocenters. The molecule has 0 spiro atoms. The normalized spacial score (nSPS) is 18.0. The van der Waals surface area contributed by atoms with Gasteiger partial charge in [0.1, 0.15) is 5.58 Å². The van der Waals surface area contributed by atoms with Crippen molar-refractivity contribution in [1.29, 1.82) is 0 Å². The van der Waals surface area contributed by atoms with Gasteiger partial charge in [-0.3, -0.25) is 4.79 Å². The third-order valence-electron chi connectivity index (χ3n) is 4.40. The van der Waals surface area contributed by atoms with E-state index in [4.69, 9.17) is 4.42 Å². The van der Waals surface area contributed by atoms with Crippen LogP contribution in [0.5, 0.6) is 0 Å². The Morgan fingerprint density at radius 2 is 2.24 bits per heavy atom. The second kappa shape index (κ2) is 7.23. The SMILES string of the molecule is CC1CN(C(=O)c2oc3ccccc3c2CSc2cccs2)CCN1. The second-order valence-corrected chi connectivity index (χ2v) is 8.46. The van der Waals surface area contributed by atoms with Crippen molar-refractivity contribution in [2.24, 2.45) is 0 Å². The molecular formula is C19H20N2O2S2. The molecule has 0 radical (unpaired) electrons. The topological polar surface area (TPSA) is 45.5 Å². The van der Waals surface area contributed by atoms with Crippen LogP contribution in [0.25, 0.3) is 11.0 Å². The minimum atomic E-state index is 0.00586. The third-order valence-corrected chi connectivity index (χ3v) is 6.56. The summed E-state index contributed by atoms with van der Waals surface area (Å²) in [4.78, 5) is 15.0. The van der Waals surface area contributed by atoms with Gasteiger partial charge in [-0.25, -0.2) is 0 Å². The number of carbonyl (C=O) groups excluding carboxylic acids is 1. The van der Waals surface area contributed by atoms with Crippen LogP contribution < -0.4 is 5.32 Å². The van der Waals surface area contributed by atoms with Crippen LogP contribution in [0.2, 0.25) is 0 Å². The first kappa shape index (κ1) is 16.7. The van der Waals surface area contributed by atoms with Crippen molar-refractivity contribution in [3.8, 4) is 0 Å². The lowest BCUT2D eigenvalue weighted by Crippen LogP contribution is -2.51. The molecule has 0 saturated carbocycles. The summed E-state index contributed by atoms with van der Waals surface area (Å²) in [6.45, 7) is 4.36. The molecule has 3 heterocycles. The zero-order chi connectivity index (χ0) is 17.2. The van der Waals surface area contributed by atoms with Gasteiger partial charge in [0.25, 0.3) is 5.91 Å². The van der Waals surface area contributed by atoms with E-state index in [0.29, 0.717) is 18.3 Å². The number of fused-ring (bicyclic) bond motifs is 1. The van der Waals surface area contributed by atoms with Crippen molar-refractivity contribution in [2.45, 2.75) is 22.9 Å². The standard InChI is InChI=1S/C19H20N2O2S2/c1-13-11-21(9-8-20-13)19(22)18-15(12-25-17-7-4-10-24-17)14-5-2-3-6-16(14)23-18/h2-7,10,13,20H,8-9,11-12H2,1H3. The highest BCUT2D eigenvalue weighted by Gasteiger charge is 2.27. The van der Waals surface area contributed by atoms with Gasteiger partial charge in [-0.15, -0.1) is 23.1 Å². The molecule has 1 amide bonds. The minimum Gasteiger partial charge on any atom is -0.451 e. The number of thioether (sulfide) groups is 1. The zero-order valence-corrected chi connectivity index (χ0v) is 15.7. The number of para-hydroxylation sites is 1. The first-order valence-electron chi connectivity index (χ1n) is 8.42. The number of hydrogen-bond donors (Lipinski definition) is 1. The molecule has 1 N–H and O–H groups in total. The lowest BCUT2D eigenvalue weighted by atomic mass is 10.1. The number of nitrogens with zero attached hydrogens (tertiary/aromatic N) is 1. The predicted octanol–water partition coefficient (Wildman–Crippen LogP) is 4.22. The molecule has 1 fully saturated rings. The van der Waals surface area contributed by atoms with E-state index in [0.717, 1.165) is 35.4 Å². The summed E-state index contributed by atoms with van der Waals surface area (Å²) >= 11 is 3.48. The highest BCUT2D eigenvalue weighted by molar-refractivity contribution is 8.00. The molecule has 4 rings (SSSR count). The van der Waals surface area contributed by atoms with Crippen molar-refractivity contribution >= 4 is 40.0 Å². The Kier molecular flexibility index (Phi) is 4.83. The molecule has 0 aliphatic carbocycles. The molecule has 3 aromatic rings. The molecule has 1 unspecified atom stereocenters. The number of carbonyl (C=O) groups is 1. The van der Waals surface area contributed by atoms with Crippen molar-refractivity contribution in [3.63, 3.8) is 0 Å². The molecule has 25 heavy (non-hydrogen) atoms. The first-order valence-corrected chi connectivity index (χ1v) is 10.3. The van der Waals surface area contributed by atoms with Crippen LogP contribution in [0, 0.1) is 0 Å². The van der Waals surface area contributed by atoms with E-state index < -0.39 is 0 Å². The Balaban J connectivity index is 1.67. The summed E-state index contributed by atoms with van der Waals surface area (Å²) in [5.74, 6) is 1.24. The van der Waals surface area contributed by atoms with Crippen LogP contribution in [0.3, 0.4) is 0 Å². The van der Waals surface area contributed by atoms with E-state index in [1.807, 2.05) is 29.2 Å². The first-order chi connectivity index (χ1) is 12.2. The third kappa shape index (κ3) is 3.47. The molecule has 4 nitrogen and oxygen atoms in total. The maximum absolute atomic E-state index is 13.1. The second-order valence-electron chi connectivity index (χ2n) is 6.23. The predicted molar refractivity (Wildman–Crippen MR) is 103 cm³/mol. The number of thiophene rings is 1. The van der Waals surface area contributed by atoms with Crippen LogP contribution in [0.4, 0.5) is 0 Å². The van der Waals surface area contributed by atoms with E-state index in [2.05, 4.69) is 29.8 Å². The van der Waals surface area contributed by atoms with Crippen LogP contribution in [-0.4, -0.2) is 36.5 Å². The Bertz CT molecular complexity index is 873. The summed E-state index contributed by atoms with van der Waals surface area (Å²) in [6, 6.07) is 12.4. The maximum Gasteiger partial charge on any atom is 0.290 e. The van der Waals surface area contributed by atoms with Crippen LogP contribution in [-0.2, 0) is 5.75 Å². The van der Waals surface area contributed by atoms with Gasteiger partial charge in [-0.2, -0.15) is 0 Å². The number of rotatable bonds is 4. The number of nitrogens with one attached hydrogen (secondary N) is 1. The van der Waals surface area contributed by atoms with E-state index >= 15 is 0 Å². The van der Waals surface area contributed by atoms with Gasteiger partial charge in [0.2, 0.25) is 0 Å². The number of hydrogen-bond acceptors (Lipinski definition) is 5. The van der Waals surface area contributed by atoms with E-state index in [-0.39, 0.29) is 5.91 Å². The highest BCUT2D eigenvalue weighted by Crippen LogP contribution is 2.34. The molecule has 1 aliphatic rings. The van der Waals surface area contributed by atoms with Crippen molar-refractivity contribution in [3.05, 3.63) is 53.1 Å². The zero-order valence-electron chi connectivity index (χ0n) is 14.0. The Morgan fingerprint density at radius 3 is 3.04 bits per heavy atom. The number of benzene rings is 1. The fraction of sp³-hybridized carbons (Fsp3) is 0.316. The van der Waals surface area contributed by atoms with Crippen LogP contribution in [0.15, 0.2) is 50.4 Å². The molecule has 1 aromatic carbocycles. The Morgan fingerprint density at radius 1 is 1.36 bits per heavy atom. The lowest BCUT2D eigenvalue weighted by molar-refractivity contribution is 0.0678. The summed E-state index contributed by atoms with van der Waals surface area (Å²) in [7, 11) is 0. The molecule has 1 saturated heterocycles. The largest absolute Gasteiger partial charge is 0.451 e. The van der Waals surface area contributed by atoms with E-state index in [1.165, 1.54) is 4.21 Å². The number of piperazine rings is 1. The van der Waals surface area contributed by atoms with Crippen molar-refractivity contribution in [2.75, 3.05) is 19.6 Å². The average Bonchev–Trinajstić information content (AvgIpc) is 3.27. The maximum atomic E-state index is 13.1. The fourth-order valence-electron chi connectivity index (χ4n) is 3.16. The summed E-state index contributed by atoms with van der Waals surface area (Å²) < 4.78 is 7.25. The van der Waals surface area contributed by atoms with Crippen LogP contribution in [0.1, 0.15) is 23.0 Å². The Hall–Kier alpha value is -1.76. The summed E-state index contributed by atoms with van der Waals surface area (Å²) in [6.07, 6.45) is 0. The molecule has 130 valence electrons. The molecular weight excluding hydrogens is 352 g/mol. The highest BCUT2D eigenvalue weighted by atomic mass is 32.2. The molecule has 6 heteroatoms. The van der Waals surface area contributed by atoms with E-state index in [1.54, 1.807) is 23.1 Å². The van der Waals surface area contributed by atoms with E-state index in [9.17, 15) is 4.79 Å². The molecule has 2 aromatic heterocycles. The monoisotopic (exact) mass is 372 g/mol. The lowest BCUT2D eigenvalue weighted by Gasteiger charge is -2.31. The van der Waals surface area contributed by atoms with Gasteiger partial charge in [0.05, 0.1) is 4.21 Å². The minimum absolute atomic E-state index is 0.00586. The number of furan rings is 1. The fourth-order valence-corrected chi connectivity index (χ4v) is 4.98. The average molecular weight is 373 g/mol. The molecule has 1 aliphatic heterocycles. The summed E-state index contributed by atoms with van der Waals surface area (Å²) in [5, 5.41) is 6.49.